The summed E-state index contributed by atoms with van der Waals surface area (Å²) in [4.78, 5) is 2.34. The topological polar surface area (TPSA) is 43.2 Å². The van der Waals surface area contributed by atoms with E-state index in [4.69, 9.17) is 4.74 Å². The molecule has 0 radical (unpaired) electrons. The number of rotatable bonds is 5. The molecule has 0 aliphatic carbocycles. The van der Waals surface area contributed by atoms with Crippen molar-refractivity contribution < 1.29 is 4.74 Å². The summed E-state index contributed by atoms with van der Waals surface area (Å²) < 4.78 is 7.71. The number of para-hydroxylation sites is 2. The van der Waals surface area contributed by atoms with E-state index in [1.54, 1.807) is 18.9 Å². The molecule has 1 saturated heterocycles. The monoisotopic (exact) mass is 332 g/mol. The number of benzene rings is 1. The number of hydrogen-bond donors (Lipinski definition) is 0. The molecule has 1 aliphatic rings. The number of nitrogens with zero attached hydrogens (tertiary/aromatic N) is 4. The summed E-state index contributed by atoms with van der Waals surface area (Å²) >= 11 is 1.73. The van der Waals surface area contributed by atoms with Crippen molar-refractivity contribution in [2.24, 2.45) is 0 Å². The van der Waals surface area contributed by atoms with Crippen molar-refractivity contribution in [1.82, 2.24) is 14.8 Å². The van der Waals surface area contributed by atoms with E-state index in [1.165, 1.54) is 19.3 Å². The summed E-state index contributed by atoms with van der Waals surface area (Å²) in [5, 5.41) is 10.3. The Morgan fingerprint density at radius 1 is 1.09 bits per heavy atom. The van der Waals surface area contributed by atoms with Crippen LogP contribution in [0.15, 0.2) is 29.4 Å². The second kappa shape index (κ2) is 7.25. The largest absolute Gasteiger partial charge is 0.495 e. The van der Waals surface area contributed by atoms with Gasteiger partial charge in [0, 0.05) is 18.3 Å². The molecule has 1 fully saturated rings. The van der Waals surface area contributed by atoms with E-state index >= 15 is 0 Å². The molecule has 6 heteroatoms. The second-order valence-electron chi connectivity index (χ2n) is 6.00. The zero-order valence-corrected chi connectivity index (χ0v) is 14.8. The van der Waals surface area contributed by atoms with Crippen LogP contribution in [0.5, 0.6) is 5.75 Å². The van der Waals surface area contributed by atoms with Crippen molar-refractivity contribution in [2.45, 2.75) is 43.5 Å². The molecule has 0 saturated carbocycles. The van der Waals surface area contributed by atoms with Gasteiger partial charge in [-0.2, -0.15) is 0 Å². The molecule has 0 unspecified atom stereocenters. The Morgan fingerprint density at radius 2 is 1.83 bits per heavy atom. The van der Waals surface area contributed by atoms with Crippen molar-refractivity contribution in [3.63, 3.8) is 0 Å². The molecule has 5 nitrogen and oxygen atoms in total. The van der Waals surface area contributed by atoms with Crippen molar-refractivity contribution in [3.05, 3.63) is 24.3 Å². The normalized spacial score (nSPS) is 15.2. The van der Waals surface area contributed by atoms with E-state index in [1.807, 2.05) is 18.2 Å². The Labute approximate surface area is 142 Å². The van der Waals surface area contributed by atoms with Crippen molar-refractivity contribution in [2.75, 3.05) is 25.1 Å². The van der Waals surface area contributed by atoms with Crippen LogP contribution in [0.1, 0.15) is 33.1 Å². The molecule has 1 aliphatic heterocycles. The zero-order valence-electron chi connectivity index (χ0n) is 14.0. The molecule has 2 heterocycles. The maximum atomic E-state index is 5.57. The highest BCUT2D eigenvalue weighted by Gasteiger charge is 2.23. The van der Waals surface area contributed by atoms with Gasteiger partial charge in [-0.15, -0.1) is 10.2 Å². The van der Waals surface area contributed by atoms with Gasteiger partial charge in [-0.25, -0.2) is 0 Å². The molecular weight excluding hydrogens is 308 g/mol. The van der Waals surface area contributed by atoms with Crippen LogP contribution < -0.4 is 9.64 Å². The quantitative estimate of drug-likeness (QED) is 0.780. The third-order valence-corrected chi connectivity index (χ3v) is 4.87. The first-order chi connectivity index (χ1) is 11.2. The lowest BCUT2D eigenvalue weighted by Gasteiger charge is -2.28. The summed E-state index contributed by atoms with van der Waals surface area (Å²) in [6, 6.07) is 8.07. The lowest BCUT2D eigenvalue weighted by molar-refractivity contribution is 0.412. The Hall–Kier alpha value is -1.69. The number of anilines is 1. The molecule has 0 amide bonds. The van der Waals surface area contributed by atoms with Crippen LogP contribution in [-0.2, 0) is 0 Å². The summed E-state index contributed by atoms with van der Waals surface area (Å²) in [7, 11) is 1.71. The van der Waals surface area contributed by atoms with Gasteiger partial charge in [0.25, 0.3) is 0 Å². The fourth-order valence-electron chi connectivity index (χ4n) is 2.87. The lowest BCUT2D eigenvalue weighted by Crippen LogP contribution is -2.31. The minimum atomic E-state index is 0.446. The zero-order chi connectivity index (χ0) is 16.2. The van der Waals surface area contributed by atoms with Crippen LogP contribution in [0.4, 0.5) is 5.95 Å². The Balaban J connectivity index is 2.08. The molecule has 1 aromatic carbocycles. The van der Waals surface area contributed by atoms with Gasteiger partial charge < -0.3 is 9.64 Å². The molecule has 0 spiro atoms. The highest BCUT2D eigenvalue weighted by Crippen LogP contribution is 2.33. The minimum Gasteiger partial charge on any atom is -0.495 e. The SMILES string of the molecule is COc1ccccc1-n1c(SC(C)C)nnc1N1CCCCC1. The maximum Gasteiger partial charge on any atom is 0.232 e. The first-order valence-electron chi connectivity index (χ1n) is 8.21. The predicted molar refractivity (Wildman–Crippen MR) is 95.0 cm³/mol. The van der Waals surface area contributed by atoms with Crippen LogP contribution in [0.25, 0.3) is 5.69 Å². The van der Waals surface area contributed by atoms with Gasteiger partial charge in [-0.3, -0.25) is 4.57 Å². The molecule has 23 heavy (non-hydrogen) atoms. The number of hydrogen-bond acceptors (Lipinski definition) is 5. The van der Waals surface area contributed by atoms with Gasteiger partial charge in [0.1, 0.15) is 5.75 Å². The molecule has 3 rings (SSSR count). The van der Waals surface area contributed by atoms with Gasteiger partial charge in [-0.05, 0) is 31.4 Å². The molecule has 0 N–H and O–H groups in total. The van der Waals surface area contributed by atoms with Gasteiger partial charge in [0.15, 0.2) is 5.16 Å². The van der Waals surface area contributed by atoms with Crippen LogP contribution in [0.2, 0.25) is 0 Å². The molecule has 0 bridgehead atoms. The molecule has 1 aromatic heterocycles. The number of methoxy groups -OCH3 is 1. The Morgan fingerprint density at radius 3 is 2.52 bits per heavy atom. The average molecular weight is 332 g/mol. The van der Waals surface area contributed by atoms with E-state index in [9.17, 15) is 0 Å². The first-order valence-corrected chi connectivity index (χ1v) is 9.09. The van der Waals surface area contributed by atoms with E-state index in [2.05, 4.69) is 39.6 Å². The third-order valence-electron chi connectivity index (χ3n) is 3.92. The highest BCUT2D eigenvalue weighted by molar-refractivity contribution is 7.99. The Kier molecular flexibility index (Phi) is 5.10. The van der Waals surface area contributed by atoms with E-state index in [0.29, 0.717) is 5.25 Å². The predicted octanol–water partition coefficient (Wildman–Crippen LogP) is 3.77. The summed E-state index contributed by atoms with van der Waals surface area (Å²) in [5.74, 6) is 1.77. The highest BCUT2D eigenvalue weighted by atomic mass is 32.2. The minimum absolute atomic E-state index is 0.446. The molecule has 2 aromatic rings. The Bertz CT molecular complexity index is 650. The van der Waals surface area contributed by atoms with Gasteiger partial charge in [0.05, 0.1) is 12.8 Å². The molecule has 0 atom stereocenters. The summed E-state index contributed by atoms with van der Waals surface area (Å²) in [6.07, 6.45) is 3.73. The number of aromatic nitrogens is 3. The lowest BCUT2D eigenvalue weighted by atomic mass is 10.1. The van der Waals surface area contributed by atoms with Crippen LogP contribution >= 0.6 is 11.8 Å². The molecule has 124 valence electrons. The smallest absolute Gasteiger partial charge is 0.232 e. The molecular formula is C17H24N4OS. The fraction of sp³-hybridized carbons (Fsp3) is 0.529. The number of ether oxygens (including phenoxy) is 1. The van der Waals surface area contributed by atoms with Crippen LogP contribution in [-0.4, -0.2) is 40.2 Å². The van der Waals surface area contributed by atoms with Crippen molar-refractivity contribution >= 4 is 17.7 Å². The van der Waals surface area contributed by atoms with Crippen molar-refractivity contribution in [3.8, 4) is 11.4 Å². The standard InChI is InChI=1S/C17H24N4OS/c1-13(2)23-17-19-18-16(20-11-7-4-8-12-20)21(17)14-9-5-6-10-15(14)22-3/h5-6,9-10,13H,4,7-8,11-12H2,1-3H3. The van der Waals surface area contributed by atoms with Crippen LogP contribution in [0, 0.1) is 0 Å². The van der Waals surface area contributed by atoms with E-state index in [0.717, 1.165) is 35.6 Å². The average Bonchev–Trinajstić information content (AvgIpc) is 2.98. The number of thioether (sulfide) groups is 1. The summed E-state index contributed by atoms with van der Waals surface area (Å²) in [5.41, 5.74) is 1.00. The van der Waals surface area contributed by atoms with Crippen LogP contribution in [0.3, 0.4) is 0 Å². The first kappa shape index (κ1) is 16.2. The van der Waals surface area contributed by atoms with Crippen molar-refractivity contribution in [1.29, 1.82) is 0 Å². The second-order valence-corrected chi connectivity index (χ2v) is 7.55. The van der Waals surface area contributed by atoms with E-state index < -0.39 is 0 Å². The van der Waals surface area contributed by atoms with Gasteiger partial charge in [0.2, 0.25) is 5.95 Å². The maximum absolute atomic E-state index is 5.57. The summed E-state index contributed by atoms with van der Waals surface area (Å²) in [6.45, 7) is 6.43. The fourth-order valence-corrected chi connectivity index (χ4v) is 3.67. The van der Waals surface area contributed by atoms with E-state index in [-0.39, 0.29) is 0 Å². The van der Waals surface area contributed by atoms with Gasteiger partial charge in [-0.1, -0.05) is 37.7 Å². The third kappa shape index (κ3) is 3.47. The number of piperidine rings is 1. The van der Waals surface area contributed by atoms with Gasteiger partial charge >= 0.3 is 0 Å².